The fraction of sp³-hybridized carbons (Fsp3) is 0.355. The second-order valence-electron chi connectivity index (χ2n) is 9.93. The molecule has 41 heavy (non-hydrogen) atoms. The van der Waals surface area contributed by atoms with Crippen molar-refractivity contribution in [2.75, 3.05) is 31.6 Å². The van der Waals surface area contributed by atoms with Gasteiger partial charge in [0.1, 0.15) is 24.1 Å². The minimum atomic E-state index is -4.19. The van der Waals surface area contributed by atoms with E-state index in [0.29, 0.717) is 24.5 Å². The van der Waals surface area contributed by atoms with Gasteiger partial charge in [0.05, 0.1) is 24.8 Å². The third-order valence-electron chi connectivity index (χ3n) is 6.52. The molecule has 0 saturated heterocycles. The highest BCUT2D eigenvalue weighted by Crippen LogP contribution is 2.32. The van der Waals surface area contributed by atoms with Gasteiger partial charge in [0.15, 0.2) is 0 Å². The maximum Gasteiger partial charge on any atom is 0.264 e. The molecule has 0 aliphatic carbocycles. The molecule has 0 radical (unpaired) electrons. The van der Waals surface area contributed by atoms with Crippen molar-refractivity contribution in [3.8, 4) is 11.5 Å². The minimum absolute atomic E-state index is 0.0276. The lowest BCUT2D eigenvalue weighted by Crippen LogP contribution is -2.52. The fourth-order valence-corrected chi connectivity index (χ4v) is 5.82. The van der Waals surface area contributed by atoms with Crippen LogP contribution in [0.1, 0.15) is 32.8 Å². The predicted octanol–water partition coefficient (Wildman–Crippen LogP) is 4.48. The zero-order chi connectivity index (χ0) is 30.0. The molecule has 0 aliphatic rings. The largest absolute Gasteiger partial charge is 0.497 e. The van der Waals surface area contributed by atoms with Crippen LogP contribution in [0, 0.1) is 5.92 Å². The Kier molecular flexibility index (Phi) is 11.2. The highest BCUT2D eigenvalue weighted by Gasteiger charge is 2.34. The zero-order valence-corrected chi connectivity index (χ0v) is 25.1. The van der Waals surface area contributed by atoms with Crippen LogP contribution in [0.4, 0.5) is 5.69 Å². The van der Waals surface area contributed by atoms with Crippen molar-refractivity contribution in [2.24, 2.45) is 5.92 Å². The summed E-state index contributed by atoms with van der Waals surface area (Å²) in [5.74, 6) is 0.281. The first-order valence-electron chi connectivity index (χ1n) is 13.5. The number of benzene rings is 3. The number of nitrogens with zero attached hydrogens (tertiary/aromatic N) is 2. The topological polar surface area (TPSA) is 105 Å². The van der Waals surface area contributed by atoms with Gasteiger partial charge in [0.25, 0.3) is 10.0 Å². The molecule has 3 aromatic carbocycles. The average Bonchev–Trinajstić information content (AvgIpc) is 2.99. The van der Waals surface area contributed by atoms with Gasteiger partial charge >= 0.3 is 0 Å². The highest BCUT2D eigenvalue weighted by atomic mass is 32.2. The molecule has 0 saturated carbocycles. The smallest absolute Gasteiger partial charge is 0.264 e. The van der Waals surface area contributed by atoms with Crippen LogP contribution in [-0.4, -0.2) is 58.5 Å². The molecular formula is C31H39N3O6S. The lowest BCUT2D eigenvalue weighted by Gasteiger charge is -2.33. The third-order valence-corrected chi connectivity index (χ3v) is 8.30. The van der Waals surface area contributed by atoms with Crippen molar-refractivity contribution in [2.45, 2.75) is 44.7 Å². The van der Waals surface area contributed by atoms with Crippen LogP contribution >= 0.6 is 0 Å². The molecule has 0 bridgehead atoms. The van der Waals surface area contributed by atoms with Crippen molar-refractivity contribution >= 4 is 27.5 Å². The van der Waals surface area contributed by atoms with Gasteiger partial charge in [-0.05, 0) is 54.3 Å². The number of ether oxygens (including phenoxy) is 2. The van der Waals surface area contributed by atoms with Crippen LogP contribution in [0.5, 0.6) is 11.5 Å². The van der Waals surface area contributed by atoms with Gasteiger partial charge in [-0.25, -0.2) is 8.42 Å². The molecule has 1 atom stereocenters. The first-order chi connectivity index (χ1) is 19.6. The van der Waals surface area contributed by atoms with Gasteiger partial charge in [-0.2, -0.15) is 0 Å². The van der Waals surface area contributed by atoms with Crippen LogP contribution in [0.2, 0.25) is 0 Å². The summed E-state index contributed by atoms with van der Waals surface area (Å²) in [5.41, 5.74) is 0.952. The summed E-state index contributed by atoms with van der Waals surface area (Å²) >= 11 is 0. The maximum absolute atomic E-state index is 14.2. The number of carbonyl (C=O) groups excluding carboxylic acids is 2. The number of amides is 2. The summed E-state index contributed by atoms with van der Waals surface area (Å²) in [5, 5.41) is 2.93. The average molecular weight is 582 g/mol. The molecule has 220 valence electrons. The number of hydrogen-bond acceptors (Lipinski definition) is 6. The van der Waals surface area contributed by atoms with Gasteiger partial charge in [-0.15, -0.1) is 0 Å². The molecule has 10 heteroatoms. The van der Waals surface area contributed by atoms with Crippen molar-refractivity contribution in [1.82, 2.24) is 10.2 Å². The molecule has 0 spiro atoms. The number of rotatable bonds is 14. The van der Waals surface area contributed by atoms with Crippen LogP contribution in [-0.2, 0) is 26.2 Å². The molecule has 2 amide bonds. The standard InChI is InChI=1S/C31H39N3O6S/c1-6-27(31(36)32-20-23(2)3)33(21-24-13-12-14-25(19-24)39-4)30(35)22-34(28-17-10-11-18-29(28)40-5)41(37,38)26-15-8-7-9-16-26/h7-19,23,27H,6,20-22H2,1-5H3,(H,32,36)/t27-/m0/s1. The number of anilines is 1. The Bertz CT molecular complexity index is 1410. The van der Waals surface area contributed by atoms with E-state index in [1.807, 2.05) is 26.8 Å². The van der Waals surface area contributed by atoms with E-state index in [-0.39, 0.29) is 29.0 Å². The van der Waals surface area contributed by atoms with Crippen LogP contribution < -0.4 is 19.1 Å². The summed E-state index contributed by atoms with van der Waals surface area (Å²) in [7, 11) is -1.20. The molecule has 3 aromatic rings. The summed E-state index contributed by atoms with van der Waals surface area (Å²) in [4.78, 5) is 29.0. The number of sulfonamides is 1. The minimum Gasteiger partial charge on any atom is -0.497 e. The van der Waals surface area contributed by atoms with E-state index < -0.39 is 28.5 Å². The van der Waals surface area contributed by atoms with E-state index >= 15 is 0 Å². The molecule has 0 aromatic heterocycles. The van der Waals surface area contributed by atoms with Crippen molar-refractivity contribution < 1.29 is 27.5 Å². The number of hydrogen-bond donors (Lipinski definition) is 1. The third kappa shape index (κ3) is 8.00. The number of methoxy groups -OCH3 is 2. The van der Waals surface area contributed by atoms with Gasteiger partial charge in [0, 0.05) is 13.1 Å². The van der Waals surface area contributed by atoms with E-state index in [4.69, 9.17) is 9.47 Å². The van der Waals surface area contributed by atoms with Crippen molar-refractivity contribution in [3.63, 3.8) is 0 Å². The highest BCUT2D eigenvalue weighted by molar-refractivity contribution is 7.92. The Hall–Kier alpha value is -4.05. The SMILES string of the molecule is CC[C@@H](C(=O)NCC(C)C)N(Cc1cccc(OC)c1)C(=O)CN(c1ccccc1OC)S(=O)(=O)c1ccccc1. The number of carbonyl (C=O) groups is 2. The van der Waals surface area contributed by atoms with Gasteiger partial charge < -0.3 is 19.7 Å². The van der Waals surface area contributed by atoms with E-state index in [2.05, 4.69) is 5.32 Å². The van der Waals surface area contributed by atoms with E-state index in [1.165, 1.54) is 24.1 Å². The molecule has 0 aliphatic heterocycles. The summed E-state index contributed by atoms with van der Waals surface area (Å²) < 4.78 is 39.8. The Morgan fingerprint density at radius 3 is 2.22 bits per heavy atom. The number of nitrogens with one attached hydrogen (secondary N) is 1. The molecule has 9 nitrogen and oxygen atoms in total. The number of para-hydroxylation sites is 2. The molecule has 0 unspecified atom stereocenters. The second kappa shape index (κ2) is 14.5. The fourth-order valence-electron chi connectivity index (χ4n) is 4.38. The summed E-state index contributed by atoms with van der Waals surface area (Å²) in [6.45, 7) is 5.78. The monoisotopic (exact) mass is 581 g/mol. The lowest BCUT2D eigenvalue weighted by molar-refractivity contribution is -0.140. The first kappa shape index (κ1) is 31.5. The van der Waals surface area contributed by atoms with Crippen LogP contribution in [0.3, 0.4) is 0 Å². The molecule has 1 N–H and O–H groups in total. The Morgan fingerprint density at radius 2 is 1.59 bits per heavy atom. The van der Waals surface area contributed by atoms with E-state index in [9.17, 15) is 18.0 Å². The van der Waals surface area contributed by atoms with Gasteiger partial charge in [-0.3, -0.25) is 13.9 Å². The quantitative estimate of drug-likeness (QED) is 0.301. The Balaban J connectivity index is 2.08. The molecule has 0 heterocycles. The zero-order valence-electron chi connectivity index (χ0n) is 24.2. The first-order valence-corrected chi connectivity index (χ1v) is 15.0. The molecular weight excluding hydrogens is 542 g/mol. The predicted molar refractivity (Wildman–Crippen MR) is 159 cm³/mol. The van der Waals surface area contributed by atoms with E-state index in [0.717, 1.165) is 9.87 Å². The summed E-state index contributed by atoms with van der Waals surface area (Å²) in [6, 6.07) is 20.9. The maximum atomic E-state index is 14.2. The van der Waals surface area contributed by atoms with Gasteiger partial charge in [0.2, 0.25) is 11.8 Å². The van der Waals surface area contributed by atoms with Crippen LogP contribution in [0.15, 0.2) is 83.8 Å². The van der Waals surface area contributed by atoms with Gasteiger partial charge in [-0.1, -0.05) is 63.2 Å². The van der Waals surface area contributed by atoms with Crippen molar-refractivity contribution in [1.29, 1.82) is 0 Å². The molecule has 3 rings (SSSR count). The second-order valence-corrected chi connectivity index (χ2v) is 11.8. The lowest BCUT2D eigenvalue weighted by atomic mass is 10.1. The van der Waals surface area contributed by atoms with Crippen molar-refractivity contribution in [3.05, 3.63) is 84.4 Å². The summed E-state index contributed by atoms with van der Waals surface area (Å²) in [6.07, 6.45) is 0.333. The Morgan fingerprint density at radius 1 is 0.902 bits per heavy atom. The van der Waals surface area contributed by atoms with Crippen LogP contribution in [0.25, 0.3) is 0 Å². The molecule has 0 fully saturated rings. The van der Waals surface area contributed by atoms with E-state index in [1.54, 1.807) is 67.8 Å². The Labute approximate surface area is 243 Å². The normalized spacial score (nSPS) is 12.0.